The van der Waals surface area contributed by atoms with E-state index in [1.165, 1.54) is 43.1 Å². The molecule has 0 bridgehead atoms. The van der Waals surface area contributed by atoms with Gasteiger partial charge in [0.15, 0.2) is 14.4 Å². The van der Waals surface area contributed by atoms with Gasteiger partial charge >= 0.3 is 5.97 Å². The number of thiazole rings is 1. The van der Waals surface area contributed by atoms with E-state index in [4.69, 9.17) is 23.8 Å². The van der Waals surface area contributed by atoms with Crippen LogP contribution in [-0.4, -0.2) is 40.4 Å². The number of carbonyl (C=O) groups excluding carboxylic acids is 1. The molecule has 0 N–H and O–H groups in total. The van der Waals surface area contributed by atoms with Crippen molar-refractivity contribution in [3.05, 3.63) is 10.0 Å². The molecule has 1 aromatic rings. The minimum absolute atomic E-state index is 0.179. The number of esters is 1. The fourth-order valence-electron chi connectivity index (χ4n) is 1.58. The number of thiocarbonyl (C=S) groups is 1. The van der Waals surface area contributed by atoms with Crippen molar-refractivity contribution in [2.45, 2.75) is 17.2 Å². The van der Waals surface area contributed by atoms with Crippen LogP contribution < -0.4 is 0 Å². The Kier molecular flexibility index (Phi) is 4.83. The first-order chi connectivity index (χ1) is 8.61. The Labute approximate surface area is 124 Å². The number of nitrogens with zero attached hydrogens (tertiary/aromatic N) is 2. The van der Waals surface area contributed by atoms with Gasteiger partial charge in [-0.1, -0.05) is 35.2 Å². The maximum Gasteiger partial charge on any atom is 0.351 e. The second-order valence-electron chi connectivity index (χ2n) is 3.65. The number of methoxy groups -OCH3 is 1. The molecule has 0 unspecified atom stereocenters. The predicted octanol–water partition coefficient (Wildman–Crippen LogP) is 3.06. The molecule has 1 saturated heterocycles. The molecule has 0 saturated carbocycles. The average molecular weight is 323 g/mol. The number of hydrogen-bond acceptors (Lipinski definition) is 6. The van der Waals surface area contributed by atoms with Crippen molar-refractivity contribution in [1.29, 1.82) is 0 Å². The normalized spacial score (nSPS) is 14.9. The predicted molar refractivity (Wildman–Crippen MR) is 77.7 cm³/mol. The van der Waals surface area contributed by atoms with Gasteiger partial charge in [0.25, 0.3) is 0 Å². The summed E-state index contributed by atoms with van der Waals surface area (Å²) in [6.45, 7) is 1.99. The summed E-state index contributed by atoms with van der Waals surface area (Å²) in [5.41, 5.74) is 0. The topological polar surface area (TPSA) is 42.4 Å². The lowest BCUT2D eigenvalue weighted by molar-refractivity contribution is 0.0606. The highest BCUT2D eigenvalue weighted by Crippen LogP contribution is 2.32. The van der Waals surface area contributed by atoms with Crippen LogP contribution in [0.2, 0.25) is 5.15 Å². The van der Waals surface area contributed by atoms with Crippen molar-refractivity contribution < 1.29 is 9.53 Å². The van der Waals surface area contributed by atoms with Gasteiger partial charge in [0, 0.05) is 13.1 Å². The molecule has 1 aromatic heterocycles. The lowest BCUT2D eigenvalue weighted by Gasteiger charge is -2.16. The molecular formula is C10H11ClN2O2S3. The fourth-order valence-corrected chi connectivity index (χ4v) is 4.40. The van der Waals surface area contributed by atoms with E-state index in [0.717, 1.165) is 17.4 Å². The third-order valence-electron chi connectivity index (χ3n) is 2.48. The number of likely N-dealkylation sites (tertiary alicyclic amines) is 1. The lowest BCUT2D eigenvalue weighted by atomic mass is 10.4. The number of ether oxygens (including phenoxy) is 1. The van der Waals surface area contributed by atoms with Crippen molar-refractivity contribution in [2.75, 3.05) is 20.2 Å². The molecule has 0 aromatic carbocycles. The Hall–Kier alpha value is -0.370. The van der Waals surface area contributed by atoms with E-state index in [-0.39, 0.29) is 5.15 Å². The molecule has 98 valence electrons. The summed E-state index contributed by atoms with van der Waals surface area (Å²) in [7, 11) is 1.32. The van der Waals surface area contributed by atoms with Crippen LogP contribution in [0.15, 0.2) is 4.34 Å². The summed E-state index contributed by atoms with van der Waals surface area (Å²) in [6, 6.07) is 0. The van der Waals surface area contributed by atoms with Crippen molar-refractivity contribution in [3.8, 4) is 0 Å². The molecule has 1 aliphatic rings. The van der Waals surface area contributed by atoms with Gasteiger partial charge in [0.05, 0.1) is 7.11 Å². The summed E-state index contributed by atoms with van der Waals surface area (Å²) in [5, 5.41) is 0.179. The third kappa shape index (κ3) is 3.14. The van der Waals surface area contributed by atoms with Crippen LogP contribution in [0.3, 0.4) is 0 Å². The molecule has 0 aliphatic carbocycles. The molecule has 4 nitrogen and oxygen atoms in total. The van der Waals surface area contributed by atoms with Gasteiger partial charge in [-0.15, -0.1) is 0 Å². The lowest BCUT2D eigenvalue weighted by Crippen LogP contribution is -2.22. The van der Waals surface area contributed by atoms with Crippen molar-refractivity contribution in [2.24, 2.45) is 0 Å². The second-order valence-corrected chi connectivity index (χ2v) is 6.89. The van der Waals surface area contributed by atoms with E-state index in [9.17, 15) is 4.79 Å². The van der Waals surface area contributed by atoms with Gasteiger partial charge in [-0.25, -0.2) is 9.78 Å². The Morgan fingerprint density at radius 1 is 1.56 bits per heavy atom. The van der Waals surface area contributed by atoms with E-state index in [0.29, 0.717) is 9.22 Å². The first kappa shape index (κ1) is 14.0. The first-order valence-corrected chi connectivity index (χ1v) is 7.75. The Balaban J connectivity index is 2.05. The smallest absolute Gasteiger partial charge is 0.351 e. The molecule has 0 spiro atoms. The summed E-state index contributed by atoms with van der Waals surface area (Å²) in [5.74, 6) is -0.462. The number of thioether (sulfide) groups is 1. The minimum Gasteiger partial charge on any atom is -0.465 e. The maximum atomic E-state index is 11.4. The SMILES string of the molecule is COC(=O)c1sc(SC(=S)N2CCCC2)nc1Cl. The number of hydrogen-bond donors (Lipinski definition) is 0. The van der Waals surface area contributed by atoms with E-state index >= 15 is 0 Å². The fraction of sp³-hybridized carbons (Fsp3) is 0.500. The highest BCUT2D eigenvalue weighted by molar-refractivity contribution is 8.23. The molecule has 2 heterocycles. The van der Waals surface area contributed by atoms with Crippen LogP contribution >= 0.6 is 46.9 Å². The molecule has 1 fully saturated rings. The summed E-state index contributed by atoms with van der Waals surface area (Å²) in [4.78, 5) is 18.0. The van der Waals surface area contributed by atoms with Gasteiger partial charge in [0.2, 0.25) is 0 Å². The zero-order valence-electron chi connectivity index (χ0n) is 9.64. The highest BCUT2D eigenvalue weighted by Gasteiger charge is 2.21. The zero-order valence-corrected chi connectivity index (χ0v) is 12.8. The standard InChI is InChI=1S/C10H11ClN2O2S3/c1-15-8(14)6-7(11)12-9(17-6)18-10(16)13-4-2-3-5-13/h2-5H2,1H3. The quantitative estimate of drug-likeness (QED) is 0.473. The molecule has 8 heteroatoms. The van der Waals surface area contributed by atoms with E-state index < -0.39 is 5.97 Å². The number of halogens is 1. The Morgan fingerprint density at radius 2 is 2.22 bits per heavy atom. The monoisotopic (exact) mass is 322 g/mol. The molecular weight excluding hydrogens is 312 g/mol. The highest BCUT2D eigenvalue weighted by atomic mass is 35.5. The van der Waals surface area contributed by atoms with Gasteiger partial charge in [0.1, 0.15) is 4.32 Å². The van der Waals surface area contributed by atoms with E-state index in [2.05, 4.69) is 14.6 Å². The average Bonchev–Trinajstić information content (AvgIpc) is 2.97. The number of carbonyl (C=O) groups is 1. The summed E-state index contributed by atoms with van der Waals surface area (Å²) < 4.78 is 6.09. The Bertz CT molecular complexity index is 472. The van der Waals surface area contributed by atoms with E-state index in [1.54, 1.807) is 0 Å². The number of aromatic nitrogens is 1. The summed E-state index contributed by atoms with van der Waals surface area (Å²) >= 11 is 13.8. The minimum atomic E-state index is -0.462. The van der Waals surface area contributed by atoms with Crippen molar-refractivity contribution in [1.82, 2.24) is 9.88 Å². The molecule has 18 heavy (non-hydrogen) atoms. The Morgan fingerprint density at radius 3 is 2.83 bits per heavy atom. The maximum absolute atomic E-state index is 11.4. The molecule has 1 aliphatic heterocycles. The van der Waals surface area contributed by atoms with Crippen molar-refractivity contribution in [3.63, 3.8) is 0 Å². The summed E-state index contributed by atoms with van der Waals surface area (Å²) in [6.07, 6.45) is 2.35. The van der Waals surface area contributed by atoms with Crippen LogP contribution in [0.5, 0.6) is 0 Å². The number of rotatable bonds is 2. The van der Waals surface area contributed by atoms with Gasteiger partial charge < -0.3 is 9.64 Å². The first-order valence-electron chi connectivity index (χ1n) is 5.33. The van der Waals surface area contributed by atoms with Crippen molar-refractivity contribution >= 4 is 57.2 Å². The van der Waals surface area contributed by atoms with Crippen LogP contribution in [0.1, 0.15) is 22.5 Å². The second kappa shape index (κ2) is 6.18. The zero-order chi connectivity index (χ0) is 13.1. The molecule has 2 rings (SSSR count). The van der Waals surface area contributed by atoms with E-state index in [1.807, 2.05) is 0 Å². The van der Waals surface area contributed by atoms with Gasteiger partial charge in [-0.2, -0.15) is 0 Å². The largest absolute Gasteiger partial charge is 0.465 e. The van der Waals surface area contributed by atoms with Crippen LogP contribution in [-0.2, 0) is 4.74 Å². The van der Waals surface area contributed by atoms with Gasteiger partial charge in [-0.3, -0.25) is 0 Å². The third-order valence-corrected chi connectivity index (χ3v) is 5.40. The van der Waals surface area contributed by atoms with Gasteiger partial charge in [-0.05, 0) is 24.6 Å². The molecule has 0 atom stereocenters. The molecule has 0 amide bonds. The van der Waals surface area contributed by atoms with Crippen LogP contribution in [0, 0.1) is 0 Å². The van der Waals surface area contributed by atoms with Crippen LogP contribution in [0.25, 0.3) is 0 Å². The molecule has 0 radical (unpaired) electrons. The van der Waals surface area contributed by atoms with Crippen LogP contribution in [0.4, 0.5) is 0 Å².